The lowest BCUT2D eigenvalue weighted by atomic mass is 10.0. The van der Waals surface area contributed by atoms with Gasteiger partial charge in [-0.15, -0.1) is 0 Å². The first-order chi connectivity index (χ1) is 14.2. The molecular formula is C21H24ClN3O4S. The summed E-state index contributed by atoms with van der Waals surface area (Å²) in [5.41, 5.74) is 1.31. The zero-order chi connectivity index (χ0) is 21.9. The number of benzene rings is 2. The Morgan fingerprint density at radius 1 is 1.07 bits per heavy atom. The molecule has 1 fully saturated rings. The number of anilines is 2. The van der Waals surface area contributed by atoms with E-state index in [2.05, 4.69) is 10.6 Å². The highest BCUT2D eigenvalue weighted by Gasteiger charge is 2.30. The van der Waals surface area contributed by atoms with Gasteiger partial charge in [0.25, 0.3) is 5.91 Å². The first-order valence-corrected chi connectivity index (χ1v) is 11.5. The molecule has 1 heterocycles. The summed E-state index contributed by atoms with van der Waals surface area (Å²) in [6.07, 6.45) is 1.79. The lowest BCUT2D eigenvalue weighted by molar-refractivity contribution is -0.114. The van der Waals surface area contributed by atoms with Gasteiger partial charge >= 0.3 is 0 Å². The Bertz CT molecular complexity index is 1050. The summed E-state index contributed by atoms with van der Waals surface area (Å²) in [6.45, 7) is 4.31. The minimum atomic E-state index is -3.79. The molecule has 1 aliphatic rings. The Labute approximate surface area is 181 Å². The molecule has 0 radical (unpaired) electrons. The Morgan fingerprint density at radius 2 is 1.70 bits per heavy atom. The number of carbonyl (C=O) groups is 2. The van der Waals surface area contributed by atoms with Crippen molar-refractivity contribution in [1.29, 1.82) is 0 Å². The highest BCUT2D eigenvalue weighted by atomic mass is 35.5. The predicted octanol–water partition coefficient (Wildman–Crippen LogP) is 3.97. The zero-order valence-corrected chi connectivity index (χ0v) is 18.4. The molecule has 0 aromatic heterocycles. The Kier molecular flexibility index (Phi) is 6.80. The molecule has 0 spiro atoms. The van der Waals surface area contributed by atoms with E-state index in [1.54, 1.807) is 24.3 Å². The Morgan fingerprint density at radius 3 is 2.30 bits per heavy atom. The van der Waals surface area contributed by atoms with Crippen molar-refractivity contribution < 1.29 is 18.0 Å². The number of amides is 2. The molecule has 1 atom stereocenters. The van der Waals surface area contributed by atoms with Crippen molar-refractivity contribution in [2.24, 2.45) is 5.92 Å². The fraction of sp³-hybridized carbons (Fsp3) is 0.333. The Balaban J connectivity index is 1.80. The second-order valence-corrected chi connectivity index (χ2v) is 9.78. The van der Waals surface area contributed by atoms with E-state index in [-0.39, 0.29) is 27.3 Å². The molecule has 7 nitrogen and oxygen atoms in total. The van der Waals surface area contributed by atoms with Gasteiger partial charge in [0.1, 0.15) is 4.90 Å². The molecule has 0 saturated carbocycles. The lowest BCUT2D eigenvalue weighted by Crippen LogP contribution is -2.39. The third kappa shape index (κ3) is 5.19. The minimum absolute atomic E-state index is 0.0630. The second kappa shape index (κ2) is 9.16. The number of nitrogens with one attached hydrogen (secondary N) is 2. The van der Waals surface area contributed by atoms with E-state index in [4.69, 9.17) is 11.6 Å². The molecule has 3 rings (SSSR count). The van der Waals surface area contributed by atoms with Crippen LogP contribution in [0.2, 0.25) is 5.02 Å². The van der Waals surface area contributed by atoms with E-state index in [1.165, 1.54) is 29.4 Å². The normalized spacial score (nSPS) is 17.4. The molecule has 1 unspecified atom stereocenters. The quantitative estimate of drug-likeness (QED) is 0.721. The summed E-state index contributed by atoms with van der Waals surface area (Å²) in [4.78, 5) is 23.7. The molecule has 1 saturated heterocycles. The largest absolute Gasteiger partial charge is 0.326 e. The molecule has 2 aromatic carbocycles. The summed E-state index contributed by atoms with van der Waals surface area (Å²) in [5.74, 6) is -0.369. The summed E-state index contributed by atoms with van der Waals surface area (Å²) in [5, 5.41) is 5.45. The summed E-state index contributed by atoms with van der Waals surface area (Å²) < 4.78 is 27.6. The van der Waals surface area contributed by atoms with Crippen molar-refractivity contribution in [1.82, 2.24) is 4.31 Å². The molecule has 1 aliphatic heterocycles. The van der Waals surface area contributed by atoms with Gasteiger partial charge in [-0.3, -0.25) is 9.59 Å². The van der Waals surface area contributed by atoms with E-state index in [1.807, 2.05) is 6.92 Å². The van der Waals surface area contributed by atoms with Crippen LogP contribution in [0.4, 0.5) is 11.4 Å². The maximum atomic E-state index is 13.1. The maximum Gasteiger partial charge on any atom is 0.255 e. The van der Waals surface area contributed by atoms with Gasteiger partial charge in [0, 0.05) is 37.0 Å². The average molecular weight is 450 g/mol. The van der Waals surface area contributed by atoms with Crippen LogP contribution in [-0.2, 0) is 14.8 Å². The topological polar surface area (TPSA) is 95.6 Å². The van der Waals surface area contributed by atoms with Crippen molar-refractivity contribution in [3.8, 4) is 0 Å². The average Bonchev–Trinajstić information content (AvgIpc) is 2.69. The SMILES string of the molecule is CC(=O)Nc1ccc(NC(=O)c2ccc(Cl)c(S(=O)(=O)N3CCCC(C)C3)c2)cc1. The van der Waals surface area contributed by atoms with Crippen LogP contribution in [0.15, 0.2) is 47.4 Å². The molecular weight excluding hydrogens is 426 g/mol. The van der Waals surface area contributed by atoms with Crippen molar-refractivity contribution in [2.75, 3.05) is 23.7 Å². The second-order valence-electron chi connectivity index (χ2n) is 7.47. The minimum Gasteiger partial charge on any atom is -0.326 e. The third-order valence-corrected chi connectivity index (χ3v) is 7.24. The van der Waals surface area contributed by atoms with Gasteiger partial charge in [0.05, 0.1) is 5.02 Å². The number of halogens is 1. The fourth-order valence-corrected chi connectivity index (χ4v) is 5.49. The number of hydrogen-bond donors (Lipinski definition) is 2. The standard InChI is InChI=1S/C21H24ClN3O4S/c1-14-4-3-11-25(13-14)30(28,29)20-12-16(5-10-19(20)22)21(27)24-18-8-6-17(7-9-18)23-15(2)26/h5-10,12,14H,3-4,11,13H2,1-2H3,(H,23,26)(H,24,27). The monoisotopic (exact) mass is 449 g/mol. The predicted molar refractivity (Wildman–Crippen MR) is 117 cm³/mol. The molecule has 9 heteroatoms. The number of carbonyl (C=O) groups excluding carboxylic acids is 2. The highest BCUT2D eigenvalue weighted by Crippen LogP contribution is 2.29. The number of hydrogen-bond acceptors (Lipinski definition) is 4. The van der Waals surface area contributed by atoms with Crippen molar-refractivity contribution in [3.63, 3.8) is 0 Å². The van der Waals surface area contributed by atoms with Crippen molar-refractivity contribution in [3.05, 3.63) is 53.1 Å². The molecule has 2 amide bonds. The number of nitrogens with zero attached hydrogens (tertiary/aromatic N) is 1. The van der Waals surface area contributed by atoms with Crippen LogP contribution >= 0.6 is 11.6 Å². The summed E-state index contributed by atoms with van der Waals surface area (Å²) in [7, 11) is -3.79. The summed E-state index contributed by atoms with van der Waals surface area (Å²) >= 11 is 6.19. The molecule has 160 valence electrons. The van der Waals surface area contributed by atoms with Gasteiger partial charge in [-0.25, -0.2) is 8.42 Å². The van der Waals surface area contributed by atoms with E-state index in [0.29, 0.717) is 24.5 Å². The van der Waals surface area contributed by atoms with Crippen LogP contribution < -0.4 is 10.6 Å². The smallest absolute Gasteiger partial charge is 0.255 e. The molecule has 0 bridgehead atoms. The molecule has 30 heavy (non-hydrogen) atoms. The van der Waals surface area contributed by atoms with Crippen LogP contribution in [-0.4, -0.2) is 37.6 Å². The number of piperidine rings is 1. The van der Waals surface area contributed by atoms with Crippen LogP contribution in [0.3, 0.4) is 0 Å². The number of sulfonamides is 1. The lowest BCUT2D eigenvalue weighted by Gasteiger charge is -2.30. The van der Waals surface area contributed by atoms with E-state index < -0.39 is 15.9 Å². The molecule has 0 aliphatic carbocycles. The highest BCUT2D eigenvalue weighted by molar-refractivity contribution is 7.89. The Hall–Kier alpha value is -2.42. The zero-order valence-electron chi connectivity index (χ0n) is 16.8. The van der Waals surface area contributed by atoms with Gasteiger partial charge in [0.15, 0.2) is 0 Å². The summed E-state index contributed by atoms with van der Waals surface area (Å²) in [6, 6.07) is 10.8. The van der Waals surface area contributed by atoms with Gasteiger partial charge in [-0.1, -0.05) is 18.5 Å². The van der Waals surface area contributed by atoms with Gasteiger partial charge < -0.3 is 10.6 Å². The van der Waals surface area contributed by atoms with Crippen molar-refractivity contribution >= 4 is 44.8 Å². The van der Waals surface area contributed by atoms with Crippen LogP contribution in [0.25, 0.3) is 0 Å². The van der Waals surface area contributed by atoms with E-state index in [0.717, 1.165) is 12.8 Å². The van der Waals surface area contributed by atoms with Crippen LogP contribution in [0.1, 0.15) is 37.0 Å². The van der Waals surface area contributed by atoms with Gasteiger partial charge in [-0.05, 0) is 61.2 Å². The molecule has 2 N–H and O–H groups in total. The molecule has 2 aromatic rings. The van der Waals surface area contributed by atoms with Crippen LogP contribution in [0, 0.1) is 5.92 Å². The maximum absolute atomic E-state index is 13.1. The van der Waals surface area contributed by atoms with Crippen LogP contribution in [0.5, 0.6) is 0 Å². The van der Waals surface area contributed by atoms with Gasteiger partial charge in [-0.2, -0.15) is 4.31 Å². The number of rotatable bonds is 5. The first-order valence-electron chi connectivity index (χ1n) is 9.65. The van der Waals surface area contributed by atoms with Gasteiger partial charge in [0.2, 0.25) is 15.9 Å². The third-order valence-electron chi connectivity index (χ3n) is 4.89. The first kappa shape index (κ1) is 22.3. The van der Waals surface area contributed by atoms with E-state index >= 15 is 0 Å². The van der Waals surface area contributed by atoms with Crippen molar-refractivity contribution in [2.45, 2.75) is 31.6 Å². The van der Waals surface area contributed by atoms with E-state index in [9.17, 15) is 18.0 Å². The fourth-order valence-electron chi connectivity index (χ4n) is 3.39.